The van der Waals surface area contributed by atoms with Crippen LogP contribution in [0.25, 0.3) is 10.8 Å². The van der Waals surface area contributed by atoms with Crippen molar-refractivity contribution in [1.29, 1.82) is 0 Å². The number of hydrogen-bond acceptors (Lipinski definition) is 5. The molecule has 2 N–H and O–H groups in total. The van der Waals surface area contributed by atoms with Crippen LogP contribution in [0.1, 0.15) is 25.8 Å². The lowest BCUT2D eigenvalue weighted by molar-refractivity contribution is -0.143. The molecule has 2 amide bonds. The van der Waals surface area contributed by atoms with Crippen molar-refractivity contribution in [2.45, 2.75) is 32.7 Å². The summed E-state index contributed by atoms with van der Waals surface area (Å²) < 4.78 is 10.5. The van der Waals surface area contributed by atoms with Crippen molar-refractivity contribution in [3.8, 4) is 0 Å². The van der Waals surface area contributed by atoms with Crippen LogP contribution in [-0.4, -0.2) is 37.2 Å². The predicted molar refractivity (Wildman–Crippen MR) is 108 cm³/mol. The first kappa shape index (κ1) is 20.4. The Morgan fingerprint density at radius 1 is 1.03 bits per heavy atom. The number of benzene rings is 2. The zero-order valence-electron chi connectivity index (χ0n) is 16.5. The van der Waals surface area contributed by atoms with Crippen LogP contribution in [-0.2, 0) is 25.5 Å². The van der Waals surface area contributed by atoms with E-state index >= 15 is 0 Å². The fourth-order valence-corrected chi connectivity index (χ4v) is 3.38. The van der Waals surface area contributed by atoms with Gasteiger partial charge in [0.1, 0.15) is 6.61 Å². The van der Waals surface area contributed by atoms with Crippen molar-refractivity contribution in [2.75, 3.05) is 13.2 Å². The smallest absolute Gasteiger partial charge is 0.338 e. The SMILES string of the molecule is CCOC(=O)C1=C(COC(=O)Cc2cccc3ccccc23)NC(=O)N[C@@H]1CC. The average molecular weight is 396 g/mol. The molecular weight excluding hydrogens is 372 g/mol. The molecule has 152 valence electrons. The number of nitrogens with one attached hydrogen (secondary N) is 2. The zero-order valence-corrected chi connectivity index (χ0v) is 16.5. The summed E-state index contributed by atoms with van der Waals surface area (Å²) in [5, 5.41) is 7.28. The van der Waals surface area contributed by atoms with Gasteiger partial charge in [0.05, 0.1) is 30.3 Å². The number of carbonyl (C=O) groups excluding carboxylic acids is 3. The normalized spacial score (nSPS) is 16.2. The Morgan fingerprint density at radius 3 is 2.55 bits per heavy atom. The minimum Gasteiger partial charge on any atom is -0.463 e. The van der Waals surface area contributed by atoms with Crippen LogP contribution < -0.4 is 10.6 Å². The monoisotopic (exact) mass is 396 g/mol. The van der Waals surface area contributed by atoms with Gasteiger partial charge >= 0.3 is 18.0 Å². The number of urea groups is 1. The third-order valence-electron chi connectivity index (χ3n) is 4.74. The topological polar surface area (TPSA) is 93.7 Å². The summed E-state index contributed by atoms with van der Waals surface area (Å²) >= 11 is 0. The summed E-state index contributed by atoms with van der Waals surface area (Å²) in [6.07, 6.45) is 0.599. The van der Waals surface area contributed by atoms with Gasteiger partial charge in [0, 0.05) is 0 Å². The highest BCUT2D eigenvalue weighted by atomic mass is 16.5. The van der Waals surface area contributed by atoms with E-state index in [0.29, 0.717) is 6.42 Å². The van der Waals surface area contributed by atoms with Crippen LogP contribution in [0, 0.1) is 0 Å². The third-order valence-corrected chi connectivity index (χ3v) is 4.74. The van der Waals surface area contributed by atoms with E-state index in [2.05, 4.69) is 10.6 Å². The summed E-state index contributed by atoms with van der Waals surface area (Å²) in [4.78, 5) is 36.7. The number of esters is 2. The second-order valence-electron chi connectivity index (χ2n) is 6.65. The summed E-state index contributed by atoms with van der Waals surface area (Å²) in [6.45, 7) is 3.56. The van der Waals surface area contributed by atoms with E-state index in [1.165, 1.54) is 0 Å². The van der Waals surface area contributed by atoms with E-state index in [1.807, 2.05) is 49.4 Å². The summed E-state index contributed by atoms with van der Waals surface area (Å²) in [6, 6.07) is 12.6. The first-order valence-corrected chi connectivity index (χ1v) is 9.63. The van der Waals surface area contributed by atoms with Crippen molar-refractivity contribution in [1.82, 2.24) is 10.6 Å². The highest BCUT2D eigenvalue weighted by Crippen LogP contribution is 2.20. The molecule has 0 saturated carbocycles. The van der Waals surface area contributed by atoms with Crippen LogP contribution in [0.5, 0.6) is 0 Å². The number of hydrogen-bond donors (Lipinski definition) is 2. The molecule has 0 aliphatic carbocycles. The lowest BCUT2D eigenvalue weighted by Crippen LogP contribution is -2.51. The van der Waals surface area contributed by atoms with Crippen molar-refractivity contribution in [3.05, 3.63) is 59.3 Å². The van der Waals surface area contributed by atoms with E-state index in [0.717, 1.165) is 16.3 Å². The molecule has 0 saturated heterocycles. The Hall–Kier alpha value is -3.35. The van der Waals surface area contributed by atoms with Gasteiger partial charge in [-0.2, -0.15) is 0 Å². The number of rotatable bonds is 7. The maximum atomic E-state index is 12.4. The number of ether oxygens (including phenoxy) is 2. The highest BCUT2D eigenvalue weighted by Gasteiger charge is 2.32. The van der Waals surface area contributed by atoms with Gasteiger partial charge in [0.2, 0.25) is 0 Å². The van der Waals surface area contributed by atoms with Crippen molar-refractivity contribution in [2.24, 2.45) is 0 Å². The van der Waals surface area contributed by atoms with E-state index in [1.54, 1.807) is 6.92 Å². The van der Waals surface area contributed by atoms with E-state index < -0.39 is 24.0 Å². The minimum absolute atomic E-state index is 0.0901. The molecule has 1 aliphatic heterocycles. The fourth-order valence-electron chi connectivity index (χ4n) is 3.38. The van der Waals surface area contributed by atoms with Gasteiger partial charge < -0.3 is 20.1 Å². The molecule has 29 heavy (non-hydrogen) atoms. The lowest BCUT2D eigenvalue weighted by atomic mass is 10.0. The standard InChI is InChI=1S/C22H24N2O5/c1-3-17-20(21(26)28-4-2)18(24-22(27)23-17)13-29-19(25)12-15-10-7-9-14-8-5-6-11-16(14)15/h5-11,17H,3-4,12-13H2,1-2H3,(H2,23,24,27)/t17-/m1/s1. The lowest BCUT2D eigenvalue weighted by Gasteiger charge is -2.28. The maximum Gasteiger partial charge on any atom is 0.338 e. The molecule has 0 fully saturated rings. The Bertz CT molecular complexity index is 961. The quantitative estimate of drug-likeness (QED) is 0.702. The molecule has 2 aromatic rings. The number of fused-ring (bicyclic) bond motifs is 1. The van der Waals surface area contributed by atoms with Crippen LogP contribution in [0.2, 0.25) is 0 Å². The number of carbonyl (C=O) groups is 3. The fraction of sp³-hybridized carbons (Fsp3) is 0.318. The van der Waals surface area contributed by atoms with Crippen LogP contribution in [0.15, 0.2) is 53.7 Å². The van der Waals surface area contributed by atoms with Gasteiger partial charge in [-0.15, -0.1) is 0 Å². The molecule has 7 nitrogen and oxygen atoms in total. The maximum absolute atomic E-state index is 12.4. The Kier molecular flexibility index (Phi) is 6.49. The molecule has 0 spiro atoms. The molecule has 3 rings (SSSR count). The van der Waals surface area contributed by atoms with Gasteiger partial charge in [-0.1, -0.05) is 49.4 Å². The Balaban J connectivity index is 1.75. The highest BCUT2D eigenvalue weighted by molar-refractivity contribution is 5.95. The van der Waals surface area contributed by atoms with Gasteiger partial charge in [0.25, 0.3) is 0 Å². The largest absolute Gasteiger partial charge is 0.463 e. The Labute approximate surface area is 169 Å². The summed E-state index contributed by atoms with van der Waals surface area (Å²) in [5.41, 5.74) is 1.39. The van der Waals surface area contributed by atoms with Gasteiger partial charge in [-0.05, 0) is 29.7 Å². The summed E-state index contributed by atoms with van der Waals surface area (Å²) in [5.74, 6) is -0.982. The molecular formula is C22H24N2O5. The van der Waals surface area contributed by atoms with Crippen LogP contribution in [0.4, 0.5) is 4.79 Å². The van der Waals surface area contributed by atoms with E-state index in [9.17, 15) is 14.4 Å². The van der Waals surface area contributed by atoms with Gasteiger partial charge in [-0.3, -0.25) is 4.79 Å². The first-order valence-electron chi connectivity index (χ1n) is 9.63. The Morgan fingerprint density at radius 2 is 1.79 bits per heavy atom. The number of amides is 2. The summed E-state index contributed by atoms with van der Waals surface area (Å²) in [7, 11) is 0. The van der Waals surface area contributed by atoms with Crippen LogP contribution in [0.3, 0.4) is 0 Å². The van der Waals surface area contributed by atoms with Crippen LogP contribution >= 0.6 is 0 Å². The molecule has 0 bridgehead atoms. The molecule has 0 aromatic heterocycles. The van der Waals surface area contributed by atoms with Gasteiger partial charge in [0.15, 0.2) is 0 Å². The molecule has 2 aromatic carbocycles. The average Bonchev–Trinajstić information content (AvgIpc) is 2.72. The second kappa shape index (κ2) is 9.23. The molecule has 0 radical (unpaired) electrons. The van der Waals surface area contributed by atoms with Gasteiger partial charge in [-0.25, -0.2) is 9.59 Å². The predicted octanol–water partition coefficient (Wildman–Crippen LogP) is 2.83. The third kappa shape index (κ3) is 4.74. The molecule has 1 aliphatic rings. The molecule has 1 atom stereocenters. The van der Waals surface area contributed by atoms with E-state index in [4.69, 9.17) is 9.47 Å². The van der Waals surface area contributed by atoms with Crippen molar-refractivity contribution in [3.63, 3.8) is 0 Å². The van der Waals surface area contributed by atoms with E-state index in [-0.39, 0.29) is 30.9 Å². The molecule has 7 heteroatoms. The van der Waals surface area contributed by atoms with Crippen molar-refractivity contribution < 1.29 is 23.9 Å². The zero-order chi connectivity index (χ0) is 20.8. The van der Waals surface area contributed by atoms with Crippen molar-refractivity contribution >= 4 is 28.7 Å². The first-order chi connectivity index (χ1) is 14.0. The molecule has 1 heterocycles. The second-order valence-corrected chi connectivity index (χ2v) is 6.65. The minimum atomic E-state index is -0.535. The molecule has 0 unspecified atom stereocenters.